The van der Waals surface area contributed by atoms with Gasteiger partial charge in [0, 0.05) is 6.42 Å². The summed E-state index contributed by atoms with van der Waals surface area (Å²) < 4.78 is 14.1. The van der Waals surface area contributed by atoms with Crippen molar-refractivity contribution in [1.29, 1.82) is 0 Å². The van der Waals surface area contributed by atoms with Crippen molar-refractivity contribution in [1.82, 2.24) is 0 Å². The first-order chi connectivity index (χ1) is 10.8. The summed E-state index contributed by atoms with van der Waals surface area (Å²) in [5.74, 6) is 0.602. The van der Waals surface area contributed by atoms with Gasteiger partial charge in [-0.3, -0.25) is 0 Å². The highest BCUT2D eigenvalue weighted by atomic mass is 19.1. The van der Waals surface area contributed by atoms with Gasteiger partial charge in [0.05, 0.1) is 5.41 Å². The normalized spacial score (nSPS) is 52.5. The molecular weight excluding hydrogens is 295 g/mol. The van der Waals surface area contributed by atoms with E-state index in [4.69, 9.17) is 0 Å². The minimum Gasteiger partial charge on any atom is -0.508 e. The molecule has 0 aromatic heterocycles. The van der Waals surface area contributed by atoms with E-state index in [0.717, 1.165) is 24.8 Å². The second-order valence-corrected chi connectivity index (χ2v) is 8.73. The minimum absolute atomic E-state index is 0.0596. The summed E-state index contributed by atoms with van der Waals surface area (Å²) in [4.78, 5) is 0. The average Bonchev–Trinajstić information content (AvgIpc) is 2.81. The van der Waals surface area contributed by atoms with Gasteiger partial charge in [0.1, 0.15) is 18.0 Å². The quantitative estimate of drug-likeness (QED) is 0.586. The molecule has 0 radical (unpaired) electrons. The highest BCUT2D eigenvalue weighted by Crippen LogP contribution is 2.65. The summed E-state index contributed by atoms with van der Waals surface area (Å²) in [5.41, 5.74) is 0.528. The van der Waals surface area contributed by atoms with E-state index < -0.39 is 17.7 Å². The van der Waals surface area contributed by atoms with Gasteiger partial charge in [0.2, 0.25) is 0 Å². The van der Waals surface area contributed by atoms with E-state index in [9.17, 15) is 19.7 Å². The van der Waals surface area contributed by atoms with E-state index >= 15 is 0 Å². The monoisotopic (exact) mass is 322 g/mol. The smallest absolute Gasteiger partial charge is 0.160 e. The Hall–Kier alpha value is -1.03. The van der Waals surface area contributed by atoms with Gasteiger partial charge >= 0.3 is 0 Å². The Kier molecular flexibility index (Phi) is 3.20. The molecule has 0 aliphatic heterocycles. The van der Waals surface area contributed by atoms with Gasteiger partial charge in [-0.25, -0.2) is 4.39 Å². The molecule has 0 bridgehead atoms. The highest BCUT2D eigenvalue weighted by Gasteiger charge is 2.59. The van der Waals surface area contributed by atoms with Crippen LogP contribution in [0.3, 0.4) is 0 Å². The Bertz CT molecular complexity index is 597. The fraction of sp³-hybridized carbons (Fsp3) is 0.789. The van der Waals surface area contributed by atoms with Crippen molar-refractivity contribution in [2.45, 2.75) is 64.6 Å². The van der Waals surface area contributed by atoms with Crippen molar-refractivity contribution in [3.63, 3.8) is 0 Å². The van der Waals surface area contributed by atoms with E-state index in [1.807, 2.05) is 6.92 Å². The predicted molar refractivity (Wildman–Crippen MR) is 85.7 cm³/mol. The van der Waals surface area contributed by atoms with Crippen LogP contribution in [0.15, 0.2) is 23.2 Å². The van der Waals surface area contributed by atoms with Crippen LogP contribution in [0, 0.1) is 28.6 Å². The number of allylic oxidation sites excluding steroid dienone is 2. The lowest BCUT2D eigenvalue weighted by molar-refractivity contribution is -0.0303. The van der Waals surface area contributed by atoms with Crippen molar-refractivity contribution in [2.75, 3.05) is 0 Å². The lowest BCUT2D eigenvalue weighted by Gasteiger charge is -2.56. The second-order valence-electron chi connectivity index (χ2n) is 8.73. The number of aliphatic hydroxyl groups is 3. The zero-order valence-electron chi connectivity index (χ0n) is 13.9. The zero-order chi connectivity index (χ0) is 16.6. The van der Waals surface area contributed by atoms with Crippen LogP contribution in [-0.4, -0.2) is 27.6 Å². The lowest BCUT2D eigenvalue weighted by atomic mass is 9.48. The van der Waals surface area contributed by atoms with Crippen molar-refractivity contribution in [2.24, 2.45) is 28.6 Å². The van der Waals surface area contributed by atoms with Crippen molar-refractivity contribution >= 4 is 0 Å². The van der Waals surface area contributed by atoms with Crippen molar-refractivity contribution in [3.8, 4) is 0 Å². The molecule has 4 aliphatic rings. The van der Waals surface area contributed by atoms with E-state index in [1.165, 1.54) is 0 Å². The molecule has 3 nitrogen and oxygen atoms in total. The first-order valence-corrected chi connectivity index (χ1v) is 8.91. The van der Waals surface area contributed by atoms with E-state index in [1.54, 1.807) is 0 Å². The fourth-order valence-corrected chi connectivity index (χ4v) is 6.39. The molecule has 4 rings (SSSR count). The molecule has 1 unspecified atom stereocenters. The Morgan fingerprint density at radius 3 is 2.70 bits per heavy atom. The first-order valence-electron chi connectivity index (χ1n) is 8.91. The van der Waals surface area contributed by atoms with Gasteiger partial charge in [0.15, 0.2) is 5.76 Å². The van der Waals surface area contributed by atoms with Crippen molar-refractivity contribution < 1.29 is 19.7 Å². The third kappa shape index (κ3) is 1.90. The highest BCUT2D eigenvalue weighted by molar-refractivity contribution is 5.37. The van der Waals surface area contributed by atoms with Gasteiger partial charge in [0.25, 0.3) is 0 Å². The van der Waals surface area contributed by atoms with E-state index in [-0.39, 0.29) is 22.9 Å². The van der Waals surface area contributed by atoms with Gasteiger partial charge in [-0.15, -0.1) is 0 Å². The van der Waals surface area contributed by atoms with E-state index in [2.05, 4.69) is 13.0 Å². The number of fused-ring (bicyclic) bond motifs is 5. The SMILES string of the molecule is C[C@]12CC[C@H]3[C@@H](CC=C4CC(O)C(O)=C(O)[C@@]43C)[C@@H]1C[C@@H](F)C2. The van der Waals surface area contributed by atoms with Crippen LogP contribution in [0.1, 0.15) is 52.4 Å². The number of rotatable bonds is 0. The lowest BCUT2D eigenvalue weighted by Crippen LogP contribution is -2.50. The van der Waals surface area contributed by atoms with Gasteiger partial charge in [-0.05, 0) is 62.2 Å². The predicted octanol–water partition coefficient (Wildman–Crippen LogP) is 4.20. The van der Waals surface area contributed by atoms with Crippen LogP contribution in [-0.2, 0) is 0 Å². The first kappa shape index (κ1) is 15.5. The number of hydrogen-bond acceptors (Lipinski definition) is 3. The molecule has 3 N–H and O–H groups in total. The fourth-order valence-electron chi connectivity index (χ4n) is 6.39. The third-order valence-electron chi connectivity index (χ3n) is 7.66. The maximum absolute atomic E-state index is 14.1. The molecule has 0 aromatic rings. The average molecular weight is 322 g/mol. The summed E-state index contributed by atoms with van der Waals surface area (Å²) in [6, 6.07) is 0. The summed E-state index contributed by atoms with van der Waals surface area (Å²) in [5, 5.41) is 30.7. The largest absolute Gasteiger partial charge is 0.508 e. The molecule has 4 heteroatoms. The van der Waals surface area contributed by atoms with E-state index in [0.29, 0.717) is 31.1 Å². The molecular formula is C19H27FO3. The molecule has 23 heavy (non-hydrogen) atoms. The summed E-state index contributed by atoms with van der Waals surface area (Å²) in [6.07, 6.45) is 4.98. The number of hydrogen-bond donors (Lipinski definition) is 3. The van der Waals surface area contributed by atoms with Crippen LogP contribution in [0.5, 0.6) is 0 Å². The molecule has 0 amide bonds. The van der Waals surface area contributed by atoms with Crippen LogP contribution in [0.2, 0.25) is 0 Å². The standard InChI is InChI=1S/C19H27FO3/c1-18-6-5-13-12(14(18)8-11(20)9-18)4-3-10-7-15(21)16(22)17(23)19(10,13)2/h3,11-15,21-23H,4-9H2,1-2H3/t11-,12-,13+,14+,15?,18-,19+/m1/s1. The number of halogens is 1. The molecule has 0 spiro atoms. The Labute approximate surface area is 136 Å². The minimum atomic E-state index is -0.999. The molecule has 2 saturated carbocycles. The zero-order valence-corrected chi connectivity index (χ0v) is 13.9. The molecule has 2 fully saturated rings. The Balaban J connectivity index is 1.77. The van der Waals surface area contributed by atoms with Gasteiger partial charge in [-0.1, -0.05) is 18.6 Å². The van der Waals surface area contributed by atoms with Crippen LogP contribution < -0.4 is 0 Å². The molecule has 0 aromatic carbocycles. The van der Waals surface area contributed by atoms with Gasteiger partial charge < -0.3 is 15.3 Å². The number of aliphatic hydroxyl groups excluding tert-OH is 3. The number of alkyl halides is 1. The molecule has 4 aliphatic carbocycles. The maximum atomic E-state index is 14.1. The summed E-state index contributed by atoms with van der Waals surface area (Å²) in [7, 11) is 0. The van der Waals surface area contributed by atoms with Crippen LogP contribution in [0.4, 0.5) is 4.39 Å². The third-order valence-corrected chi connectivity index (χ3v) is 7.66. The van der Waals surface area contributed by atoms with Crippen LogP contribution in [0.25, 0.3) is 0 Å². The Morgan fingerprint density at radius 1 is 1.22 bits per heavy atom. The topological polar surface area (TPSA) is 60.7 Å². The molecule has 128 valence electrons. The molecule has 7 atom stereocenters. The summed E-state index contributed by atoms with van der Waals surface area (Å²) in [6.45, 7) is 4.23. The van der Waals surface area contributed by atoms with Crippen LogP contribution >= 0.6 is 0 Å². The second kappa shape index (κ2) is 4.75. The molecule has 0 heterocycles. The van der Waals surface area contributed by atoms with Crippen molar-refractivity contribution in [3.05, 3.63) is 23.2 Å². The summed E-state index contributed by atoms with van der Waals surface area (Å²) >= 11 is 0. The van der Waals surface area contributed by atoms with Gasteiger partial charge in [-0.2, -0.15) is 0 Å². The molecule has 0 saturated heterocycles. The Morgan fingerprint density at radius 2 is 1.96 bits per heavy atom. The maximum Gasteiger partial charge on any atom is 0.160 e.